The molecule has 1 aromatic heterocycles. The van der Waals surface area contributed by atoms with Gasteiger partial charge in [-0.1, -0.05) is 26.7 Å². The molecular weight excluding hydrogens is 160 g/mol. The van der Waals surface area contributed by atoms with Gasteiger partial charge in [-0.2, -0.15) is 5.10 Å². The van der Waals surface area contributed by atoms with Gasteiger partial charge in [0.1, 0.15) is 0 Å². The van der Waals surface area contributed by atoms with Gasteiger partial charge in [-0.15, -0.1) is 0 Å². The lowest BCUT2D eigenvalue weighted by Crippen LogP contribution is -2.00. The van der Waals surface area contributed by atoms with Crippen LogP contribution in [0.5, 0.6) is 0 Å². The molecule has 0 fully saturated rings. The van der Waals surface area contributed by atoms with Crippen molar-refractivity contribution in [1.29, 1.82) is 0 Å². The first-order chi connectivity index (χ1) is 6.27. The van der Waals surface area contributed by atoms with Crippen molar-refractivity contribution in [2.75, 3.05) is 0 Å². The Morgan fingerprint density at radius 3 is 2.31 bits per heavy atom. The Morgan fingerprint density at radius 1 is 1.31 bits per heavy atom. The molecule has 0 saturated heterocycles. The lowest BCUT2D eigenvalue weighted by atomic mass is 9.95. The highest BCUT2D eigenvalue weighted by Gasteiger charge is 2.11. The molecule has 1 rings (SSSR count). The van der Waals surface area contributed by atoms with Gasteiger partial charge in [0.25, 0.3) is 0 Å². The molecule has 0 atom stereocenters. The fourth-order valence-corrected chi connectivity index (χ4v) is 1.79. The topological polar surface area (TPSA) is 17.8 Å². The summed E-state index contributed by atoms with van der Waals surface area (Å²) in [5.41, 5.74) is 1.27. The van der Waals surface area contributed by atoms with Crippen molar-refractivity contribution in [3.05, 3.63) is 18.0 Å². The maximum absolute atomic E-state index is 4.46. The van der Waals surface area contributed by atoms with Crippen LogP contribution >= 0.6 is 0 Å². The van der Waals surface area contributed by atoms with Crippen LogP contribution in [0.2, 0.25) is 0 Å². The zero-order chi connectivity index (χ0) is 9.68. The van der Waals surface area contributed by atoms with Crippen LogP contribution in [0.4, 0.5) is 0 Å². The van der Waals surface area contributed by atoms with Crippen LogP contribution in [0.15, 0.2) is 12.3 Å². The summed E-state index contributed by atoms with van der Waals surface area (Å²) in [7, 11) is 1.98. The molecule has 0 unspecified atom stereocenters. The summed E-state index contributed by atoms with van der Waals surface area (Å²) in [6, 6.07) is 2.15. The predicted molar refractivity (Wildman–Crippen MR) is 55.8 cm³/mol. The third kappa shape index (κ3) is 2.87. The predicted octanol–water partition coefficient (Wildman–Crippen LogP) is 3.10. The molecule has 0 spiro atoms. The highest BCUT2D eigenvalue weighted by molar-refractivity contribution is 5.05. The summed E-state index contributed by atoms with van der Waals surface area (Å²) in [6.45, 7) is 4.48. The second kappa shape index (κ2) is 5.05. The second-order valence-electron chi connectivity index (χ2n) is 3.69. The molecule has 0 bridgehead atoms. The molecule has 0 aliphatic rings. The molecular formula is C11H20N2. The van der Waals surface area contributed by atoms with E-state index in [1.54, 1.807) is 0 Å². The zero-order valence-electron chi connectivity index (χ0n) is 8.95. The molecule has 0 N–H and O–H groups in total. The van der Waals surface area contributed by atoms with E-state index in [1.807, 2.05) is 17.9 Å². The summed E-state index contributed by atoms with van der Waals surface area (Å²) in [5.74, 6) is 0.677. The standard InChI is InChI=1S/C11H20N2/c1-4-6-10(7-5-2)11-8-9-13(3)12-11/h8-10H,4-7H2,1-3H3. The first kappa shape index (κ1) is 10.3. The van der Waals surface area contributed by atoms with Crippen molar-refractivity contribution in [1.82, 2.24) is 9.78 Å². The molecule has 0 saturated carbocycles. The van der Waals surface area contributed by atoms with E-state index in [0.29, 0.717) is 5.92 Å². The van der Waals surface area contributed by atoms with E-state index >= 15 is 0 Å². The van der Waals surface area contributed by atoms with Crippen LogP contribution in [0.3, 0.4) is 0 Å². The van der Waals surface area contributed by atoms with Gasteiger partial charge in [0.05, 0.1) is 5.69 Å². The fourth-order valence-electron chi connectivity index (χ4n) is 1.79. The zero-order valence-corrected chi connectivity index (χ0v) is 8.95. The number of hydrogen-bond acceptors (Lipinski definition) is 1. The summed E-state index contributed by atoms with van der Waals surface area (Å²) in [5, 5.41) is 4.46. The minimum atomic E-state index is 0.677. The Kier molecular flexibility index (Phi) is 4.00. The largest absolute Gasteiger partial charge is 0.276 e. The Morgan fingerprint density at radius 2 is 1.92 bits per heavy atom. The lowest BCUT2D eigenvalue weighted by Gasteiger charge is -2.11. The normalized spacial score (nSPS) is 11.1. The minimum Gasteiger partial charge on any atom is -0.276 e. The van der Waals surface area contributed by atoms with Crippen LogP contribution in [-0.4, -0.2) is 9.78 Å². The summed E-state index contributed by atoms with van der Waals surface area (Å²) in [6.07, 6.45) is 7.08. The van der Waals surface area contributed by atoms with Crippen molar-refractivity contribution in [3.8, 4) is 0 Å². The quantitative estimate of drug-likeness (QED) is 0.680. The first-order valence-electron chi connectivity index (χ1n) is 5.27. The molecule has 0 aromatic carbocycles. The molecule has 0 radical (unpaired) electrons. The maximum Gasteiger partial charge on any atom is 0.0655 e. The Hall–Kier alpha value is -0.790. The van der Waals surface area contributed by atoms with Crippen LogP contribution in [0, 0.1) is 0 Å². The van der Waals surface area contributed by atoms with Crippen LogP contribution in [0.1, 0.15) is 51.1 Å². The van der Waals surface area contributed by atoms with E-state index in [4.69, 9.17) is 0 Å². The molecule has 0 aliphatic heterocycles. The van der Waals surface area contributed by atoms with E-state index < -0.39 is 0 Å². The van der Waals surface area contributed by atoms with E-state index in [0.717, 1.165) is 0 Å². The third-order valence-corrected chi connectivity index (χ3v) is 2.43. The first-order valence-corrected chi connectivity index (χ1v) is 5.27. The van der Waals surface area contributed by atoms with Gasteiger partial charge in [0, 0.05) is 19.2 Å². The van der Waals surface area contributed by atoms with Crippen LogP contribution in [0.25, 0.3) is 0 Å². The molecule has 0 aliphatic carbocycles. The van der Waals surface area contributed by atoms with Gasteiger partial charge in [0.15, 0.2) is 0 Å². The van der Waals surface area contributed by atoms with E-state index in [9.17, 15) is 0 Å². The smallest absolute Gasteiger partial charge is 0.0655 e. The van der Waals surface area contributed by atoms with Crippen molar-refractivity contribution in [2.45, 2.75) is 45.4 Å². The second-order valence-corrected chi connectivity index (χ2v) is 3.69. The van der Waals surface area contributed by atoms with Gasteiger partial charge in [-0.25, -0.2) is 0 Å². The molecule has 2 heteroatoms. The Labute approximate surface area is 81.0 Å². The SMILES string of the molecule is CCCC(CCC)c1ccn(C)n1. The number of rotatable bonds is 5. The highest BCUT2D eigenvalue weighted by Crippen LogP contribution is 2.24. The average molecular weight is 180 g/mol. The summed E-state index contributed by atoms with van der Waals surface area (Å²) >= 11 is 0. The molecule has 74 valence electrons. The maximum atomic E-state index is 4.46. The van der Waals surface area contributed by atoms with Crippen molar-refractivity contribution in [3.63, 3.8) is 0 Å². The molecule has 13 heavy (non-hydrogen) atoms. The monoisotopic (exact) mass is 180 g/mol. The van der Waals surface area contributed by atoms with Gasteiger partial charge < -0.3 is 0 Å². The summed E-state index contributed by atoms with van der Waals surface area (Å²) < 4.78 is 1.90. The van der Waals surface area contributed by atoms with Crippen molar-refractivity contribution >= 4 is 0 Å². The van der Waals surface area contributed by atoms with E-state index in [-0.39, 0.29) is 0 Å². The van der Waals surface area contributed by atoms with E-state index in [2.05, 4.69) is 25.0 Å². The fraction of sp³-hybridized carbons (Fsp3) is 0.727. The van der Waals surface area contributed by atoms with Gasteiger partial charge in [-0.05, 0) is 18.9 Å². The average Bonchev–Trinajstić information content (AvgIpc) is 2.51. The Bertz CT molecular complexity index is 234. The van der Waals surface area contributed by atoms with Gasteiger partial charge in [-0.3, -0.25) is 4.68 Å². The highest BCUT2D eigenvalue weighted by atomic mass is 15.2. The van der Waals surface area contributed by atoms with Gasteiger partial charge in [0.2, 0.25) is 0 Å². The minimum absolute atomic E-state index is 0.677. The Balaban J connectivity index is 2.63. The molecule has 1 aromatic rings. The number of nitrogens with zero attached hydrogens (tertiary/aromatic N) is 2. The summed E-state index contributed by atoms with van der Waals surface area (Å²) in [4.78, 5) is 0. The number of aromatic nitrogens is 2. The molecule has 2 nitrogen and oxygen atoms in total. The van der Waals surface area contributed by atoms with Crippen molar-refractivity contribution in [2.24, 2.45) is 7.05 Å². The molecule has 0 amide bonds. The van der Waals surface area contributed by atoms with E-state index in [1.165, 1.54) is 31.4 Å². The lowest BCUT2D eigenvalue weighted by molar-refractivity contribution is 0.539. The third-order valence-electron chi connectivity index (χ3n) is 2.43. The van der Waals surface area contributed by atoms with Crippen LogP contribution in [-0.2, 0) is 7.05 Å². The number of aryl methyl sites for hydroxylation is 1. The van der Waals surface area contributed by atoms with Crippen LogP contribution < -0.4 is 0 Å². The van der Waals surface area contributed by atoms with Crippen molar-refractivity contribution < 1.29 is 0 Å². The number of hydrogen-bond donors (Lipinski definition) is 0. The molecule has 1 heterocycles. The van der Waals surface area contributed by atoms with Gasteiger partial charge >= 0.3 is 0 Å².